The lowest BCUT2D eigenvalue weighted by Crippen LogP contribution is -2.01. The Bertz CT molecular complexity index is 2140. The second-order valence-electron chi connectivity index (χ2n) is 11.2. The molecule has 0 amide bonds. The molecule has 0 atom stereocenters. The quantitative estimate of drug-likeness (QED) is 0.222. The number of fused-ring (bicyclic) bond motifs is 3. The van der Waals surface area contributed by atoms with Crippen molar-refractivity contribution in [3.8, 4) is 45.0 Å². The van der Waals surface area contributed by atoms with Crippen LogP contribution in [0.3, 0.4) is 0 Å². The van der Waals surface area contributed by atoms with Crippen LogP contribution in [0.4, 0.5) is 0 Å². The van der Waals surface area contributed by atoms with Crippen LogP contribution in [0.25, 0.3) is 72.9 Å². The Balaban J connectivity index is 1.08. The first-order chi connectivity index (χ1) is 20.6. The molecular formula is C38H30N4. The van der Waals surface area contributed by atoms with Gasteiger partial charge in [0.15, 0.2) is 0 Å². The van der Waals surface area contributed by atoms with Gasteiger partial charge in [-0.2, -0.15) is 0 Å². The molecule has 0 spiro atoms. The lowest BCUT2D eigenvalue weighted by molar-refractivity contribution is 0.809. The molecule has 7 aromatic rings. The highest BCUT2D eigenvalue weighted by Crippen LogP contribution is 2.32. The molecule has 0 fully saturated rings. The van der Waals surface area contributed by atoms with E-state index in [0.717, 1.165) is 52.3 Å². The number of nitrogens with zero attached hydrogens (tertiary/aromatic N) is 4. The highest BCUT2D eigenvalue weighted by Gasteiger charge is 2.16. The van der Waals surface area contributed by atoms with Gasteiger partial charge in [-0.1, -0.05) is 91.0 Å². The number of imidazole rings is 2. The topological polar surface area (TPSA) is 35.6 Å². The molecular weight excluding hydrogens is 512 g/mol. The van der Waals surface area contributed by atoms with Crippen molar-refractivity contribution in [1.82, 2.24) is 19.1 Å². The van der Waals surface area contributed by atoms with Crippen molar-refractivity contribution in [1.29, 1.82) is 0 Å². The summed E-state index contributed by atoms with van der Waals surface area (Å²) in [5.41, 5.74) is 11.7. The van der Waals surface area contributed by atoms with Gasteiger partial charge in [0.2, 0.25) is 0 Å². The Morgan fingerprint density at radius 3 is 1.74 bits per heavy atom. The third-order valence-electron chi connectivity index (χ3n) is 8.65. The van der Waals surface area contributed by atoms with Crippen LogP contribution in [0.1, 0.15) is 17.8 Å². The van der Waals surface area contributed by atoms with E-state index in [9.17, 15) is 0 Å². The van der Waals surface area contributed by atoms with E-state index in [-0.39, 0.29) is 0 Å². The fourth-order valence-corrected chi connectivity index (χ4v) is 6.29. The van der Waals surface area contributed by atoms with E-state index >= 15 is 0 Å². The van der Waals surface area contributed by atoms with E-state index in [1.54, 1.807) is 0 Å². The number of hydrogen-bond acceptors (Lipinski definition) is 2. The van der Waals surface area contributed by atoms with Crippen molar-refractivity contribution in [2.75, 3.05) is 0 Å². The van der Waals surface area contributed by atoms with Crippen LogP contribution in [0.15, 0.2) is 115 Å². The minimum absolute atomic E-state index is 0.983. The van der Waals surface area contributed by atoms with E-state index in [1.807, 2.05) is 6.07 Å². The third kappa shape index (κ3) is 4.07. The zero-order valence-corrected chi connectivity index (χ0v) is 23.8. The highest BCUT2D eigenvalue weighted by atomic mass is 15.1. The van der Waals surface area contributed by atoms with Crippen LogP contribution in [-0.2, 0) is 20.5 Å². The first kappa shape index (κ1) is 24.6. The van der Waals surface area contributed by atoms with Crippen molar-refractivity contribution < 1.29 is 0 Å². The van der Waals surface area contributed by atoms with Crippen molar-refractivity contribution in [3.05, 3.63) is 127 Å². The molecule has 2 heterocycles. The van der Waals surface area contributed by atoms with Crippen LogP contribution in [0.2, 0.25) is 0 Å². The number of rotatable bonds is 4. The van der Waals surface area contributed by atoms with E-state index in [4.69, 9.17) is 9.97 Å². The van der Waals surface area contributed by atoms with E-state index in [2.05, 4.69) is 139 Å². The number of aromatic nitrogens is 4. The van der Waals surface area contributed by atoms with E-state index < -0.39 is 0 Å². The smallest absolute Gasteiger partial charge is 0.140 e. The zero-order chi connectivity index (χ0) is 28.2. The van der Waals surface area contributed by atoms with E-state index in [0.29, 0.717) is 0 Å². The minimum Gasteiger partial charge on any atom is -0.331 e. The molecule has 1 aliphatic carbocycles. The first-order valence-electron chi connectivity index (χ1n) is 14.5. The van der Waals surface area contributed by atoms with Crippen molar-refractivity contribution in [3.63, 3.8) is 0 Å². The molecule has 202 valence electrons. The molecule has 0 bridgehead atoms. The van der Waals surface area contributed by atoms with Gasteiger partial charge < -0.3 is 9.13 Å². The maximum Gasteiger partial charge on any atom is 0.140 e. The van der Waals surface area contributed by atoms with Crippen LogP contribution >= 0.6 is 0 Å². The van der Waals surface area contributed by atoms with Gasteiger partial charge in [-0.3, -0.25) is 0 Å². The Morgan fingerprint density at radius 1 is 0.548 bits per heavy atom. The minimum atomic E-state index is 0.983. The Labute approximate surface area is 245 Å². The molecule has 0 aliphatic heterocycles. The summed E-state index contributed by atoms with van der Waals surface area (Å²) in [6, 6.07) is 39.3. The van der Waals surface area contributed by atoms with Crippen molar-refractivity contribution >= 4 is 27.9 Å². The maximum absolute atomic E-state index is 4.91. The van der Waals surface area contributed by atoms with Crippen LogP contribution in [0, 0.1) is 0 Å². The molecule has 4 heteroatoms. The molecule has 4 nitrogen and oxygen atoms in total. The van der Waals surface area contributed by atoms with Crippen LogP contribution in [-0.4, -0.2) is 19.1 Å². The average Bonchev–Trinajstić information content (AvgIpc) is 3.57. The number of para-hydroxylation sites is 2. The molecule has 0 saturated heterocycles. The number of hydrogen-bond donors (Lipinski definition) is 0. The predicted octanol–water partition coefficient (Wildman–Crippen LogP) is 9.09. The largest absolute Gasteiger partial charge is 0.331 e. The second-order valence-corrected chi connectivity index (χ2v) is 11.2. The summed E-state index contributed by atoms with van der Waals surface area (Å²) in [6.07, 6.45) is 6.50. The fraction of sp³-hybridized carbons (Fsp3) is 0.105. The fourth-order valence-electron chi connectivity index (χ4n) is 6.29. The molecule has 2 aromatic heterocycles. The molecule has 42 heavy (non-hydrogen) atoms. The number of aryl methyl sites for hydroxylation is 1. The summed E-state index contributed by atoms with van der Waals surface area (Å²) in [4.78, 5) is 9.77. The molecule has 5 aromatic carbocycles. The van der Waals surface area contributed by atoms with Gasteiger partial charge >= 0.3 is 0 Å². The van der Waals surface area contributed by atoms with Gasteiger partial charge in [-0.25, -0.2) is 9.97 Å². The molecule has 0 unspecified atom stereocenters. The summed E-state index contributed by atoms with van der Waals surface area (Å²) in [5.74, 6) is 2.01. The SMILES string of the molecule is Cn1c(-c2ccc(-c3ccc4ccc(-c5ccc(-c6nc7ccccc7n6C)cc5)cc4c3)cc2)nc2c1CCC=C2. The maximum atomic E-state index is 4.91. The molecule has 0 radical (unpaired) electrons. The van der Waals surface area contributed by atoms with E-state index in [1.165, 1.54) is 38.7 Å². The van der Waals surface area contributed by atoms with Gasteiger partial charge in [0, 0.05) is 30.9 Å². The standard InChI is InChI=1S/C38H30N4/c1-41-35-9-5-3-7-33(35)39-37(41)28-17-11-25(12-18-28)30-21-15-27-16-22-31(24-32(27)23-30)26-13-19-29(20-14-26)38-40-34-8-4-6-10-36(34)42(38)2/h3-5,7-9,11-24H,6,10H2,1-2H3. The Morgan fingerprint density at radius 2 is 1.12 bits per heavy atom. The Hall–Kier alpha value is -5.22. The highest BCUT2D eigenvalue weighted by molar-refractivity contribution is 5.91. The normalized spacial score (nSPS) is 12.7. The summed E-state index contributed by atoms with van der Waals surface area (Å²) in [7, 11) is 4.21. The first-order valence-corrected chi connectivity index (χ1v) is 14.5. The molecule has 1 aliphatic rings. The lowest BCUT2D eigenvalue weighted by atomic mass is 9.96. The molecule has 0 N–H and O–H groups in total. The van der Waals surface area contributed by atoms with Crippen LogP contribution < -0.4 is 0 Å². The third-order valence-corrected chi connectivity index (χ3v) is 8.65. The van der Waals surface area contributed by atoms with Gasteiger partial charge in [0.05, 0.1) is 16.7 Å². The lowest BCUT2D eigenvalue weighted by Gasteiger charge is -2.10. The van der Waals surface area contributed by atoms with Gasteiger partial charge in [0.1, 0.15) is 11.6 Å². The van der Waals surface area contributed by atoms with Gasteiger partial charge in [-0.05, 0) is 76.2 Å². The van der Waals surface area contributed by atoms with Gasteiger partial charge in [-0.15, -0.1) is 0 Å². The molecule has 0 saturated carbocycles. The number of benzene rings is 5. The Kier molecular flexibility index (Phi) is 5.68. The second kappa shape index (κ2) is 9.71. The van der Waals surface area contributed by atoms with Gasteiger partial charge in [0.25, 0.3) is 0 Å². The summed E-state index contributed by atoms with van der Waals surface area (Å²) in [6.45, 7) is 0. The summed E-state index contributed by atoms with van der Waals surface area (Å²) >= 11 is 0. The monoisotopic (exact) mass is 542 g/mol. The van der Waals surface area contributed by atoms with Crippen molar-refractivity contribution in [2.45, 2.75) is 12.8 Å². The zero-order valence-electron chi connectivity index (χ0n) is 23.8. The summed E-state index contributed by atoms with van der Waals surface area (Å²) in [5, 5.41) is 2.47. The molecule has 8 rings (SSSR count). The number of allylic oxidation sites excluding steroid dienone is 1. The summed E-state index contributed by atoms with van der Waals surface area (Å²) < 4.78 is 4.41. The van der Waals surface area contributed by atoms with Crippen molar-refractivity contribution in [2.24, 2.45) is 14.1 Å². The average molecular weight is 543 g/mol. The van der Waals surface area contributed by atoms with Crippen LogP contribution in [0.5, 0.6) is 0 Å². The predicted molar refractivity (Wildman–Crippen MR) is 174 cm³/mol.